The number of hydrogen-bond donors (Lipinski definition) is 1. The first-order valence-electron chi connectivity index (χ1n) is 5.32. The minimum absolute atomic E-state index is 0.115. The van der Waals surface area contributed by atoms with Crippen LogP contribution < -0.4 is 5.32 Å². The molecule has 1 aliphatic carbocycles. The predicted octanol–water partition coefficient (Wildman–Crippen LogP) is 1.10. The Kier molecular flexibility index (Phi) is 2.06. The Morgan fingerprint density at radius 3 is 2.69 bits per heavy atom. The molecule has 1 heterocycles. The molecule has 1 saturated carbocycles. The third kappa shape index (κ3) is 1.26. The fraction of sp³-hybridized carbons (Fsp3) is 0.900. The van der Waals surface area contributed by atoms with Gasteiger partial charge in [-0.2, -0.15) is 0 Å². The lowest BCUT2D eigenvalue weighted by Gasteiger charge is -2.21. The molecule has 0 aromatic heterocycles. The molecule has 1 unspecified atom stereocenters. The Labute approximate surface area is 79.5 Å². The average molecular weight is 182 g/mol. The van der Waals surface area contributed by atoms with E-state index in [4.69, 9.17) is 0 Å². The average Bonchev–Trinajstić information content (AvgIpc) is 2.86. The zero-order chi connectivity index (χ0) is 9.47. The van der Waals surface area contributed by atoms with Gasteiger partial charge in [0, 0.05) is 6.54 Å². The maximum atomic E-state index is 11.9. The van der Waals surface area contributed by atoms with Gasteiger partial charge in [-0.3, -0.25) is 10.1 Å². The minimum Gasteiger partial charge on any atom is -0.326 e. The van der Waals surface area contributed by atoms with Crippen molar-refractivity contribution in [3.8, 4) is 0 Å². The van der Waals surface area contributed by atoms with Crippen LogP contribution in [-0.2, 0) is 4.79 Å². The standard InChI is InChI=1S/C10H18N2O/c1-3-7-12-8(4-2)11-10(5-6-10)9(12)13/h8,11H,3-7H2,1-2H3. The van der Waals surface area contributed by atoms with Gasteiger partial charge in [-0.15, -0.1) is 0 Å². The highest BCUT2D eigenvalue weighted by molar-refractivity contribution is 5.91. The molecule has 1 atom stereocenters. The Bertz CT molecular complexity index is 223. The first-order chi connectivity index (χ1) is 6.23. The molecule has 1 spiro atoms. The summed E-state index contributed by atoms with van der Waals surface area (Å²) in [6.07, 6.45) is 4.47. The summed E-state index contributed by atoms with van der Waals surface area (Å²) in [6.45, 7) is 5.17. The molecule has 74 valence electrons. The van der Waals surface area contributed by atoms with E-state index < -0.39 is 0 Å². The van der Waals surface area contributed by atoms with E-state index in [0.29, 0.717) is 12.1 Å². The molecule has 13 heavy (non-hydrogen) atoms. The molecule has 0 aromatic rings. The smallest absolute Gasteiger partial charge is 0.244 e. The topological polar surface area (TPSA) is 32.3 Å². The van der Waals surface area contributed by atoms with Crippen molar-refractivity contribution in [3.05, 3.63) is 0 Å². The highest BCUT2D eigenvalue weighted by Crippen LogP contribution is 2.42. The lowest BCUT2D eigenvalue weighted by atomic mass is 10.3. The highest BCUT2D eigenvalue weighted by Gasteiger charge is 2.58. The summed E-state index contributed by atoms with van der Waals surface area (Å²) in [7, 11) is 0. The van der Waals surface area contributed by atoms with Crippen LogP contribution in [0.1, 0.15) is 39.5 Å². The van der Waals surface area contributed by atoms with Crippen molar-refractivity contribution in [2.24, 2.45) is 0 Å². The van der Waals surface area contributed by atoms with Crippen LogP contribution in [0.2, 0.25) is 0 Å². The van der Waals surface area contributed by atoms with Crippen LogP contribution >= 0.6 is 0 Å². The molecule has 0 radical (unpaired) electrons. The minimum atomic E-state index is -0.115. The van der Waals surface area contributed by atoms with Crippen molar-refractivity contribution in [1.29, 1.82) is 0 Å². The Morgan fingerprint density at radius 2 is 2.23 bits per heavy atom. The molecule has 2 rings (SSSR count). The van der Waals surface area contributed by atoms with Crippen molar-refractivity contribution in [1.82, 2.24) is 10.2 Å². The zero-order valence-electron chi connectivity index (χ0n) is 8.47. The first-order valence-corrected chi connectivity index (χ1v) is 5.32. The van der Waals surface area contributed by atoms with Gasteiger partial charge in [-0.1, -0.05) is 13.8 Å². The van der Waals surface area contributed by atoms with Crippen molar-refractivity contribution in [2.45, 2.75) is 51.2 Å². The van der Waals surface area contributed by atoms with E-state index in [9.17, 15) is 4.79 Å². The number of carbonyl (C=O) groups excluding carboxylic acids is 1. The molecule has 1 aliphatic heterocycles. The molecule has 1 saturated heterocycles. The molecular formula is C10H18N2O. The third-order valence-electron chi connectivity index (χ3n) is 3.09. The highest BCUT2D eigenvalue weighted by atomic mass is 16.2. The van der Waals surface area contributed by atoms with E-state index in [2.05, 4.69) is 19.2 Å². The molecule has 3 nitrogen and oxygen atoms in total. The summed E-state index contributed by atoms with van der Waals surface area (Å²) in [4.78, 5) is 13.9. The van der Waals surface area contributed by atoms with E-state index in [1.54, 1.807) is 0 Å². The molecule has 0 bridgehead atoms. The molecule has 2 aliphatic rings. The van der Waals surface area contributed by atoms with E-state index in [1.165, 1.54) is 0 Å². The fourth-order valence-electron chi connectivity index (χ4n) is 2.18. The Balaban J connectivity index is 2.10. The number of amides is 1. The molecule has 2 fully saturated rings. The normalized spacial score (nSPS) is 30.2. The molecular weight excluding hydrogens is 164 g/mol. The van der Waals surface area contributed by atoms with E-state index in [-0.39, 0.29) is 5.54 Å². The van der Waals surface area contributed by atoms with Crippen molar-refractivity contribution in [2.75, 3.05) is 6.54 Å². The van der Waals surface area contributed by atoms with Crippen LogP contribution in [0.3, 0.4) is 0 Å². The maximum absolute atomic E-state index is 11.9. The summed E-state index contributed by atoms with van der Waals surface area (Å²) < 4.78 is 0. The van der Waals surface area contributed by atoms with Crippen molar-refractivity contribution < 1.29 is 4.79 Å². The number of nitrogens with zero attached hydrogens (tertiary/aromatic N) is 1. The lowest BCUT2D eigenvalue weighted by Crippen LogP contribution is -2.37. The van der Waals surface area contributed by atoms with Gasteiger partial charge in [0.05, 0.1) is 11.7 Å². The third-order valence-corrected chi connectivity index (χ3v) is 3.09. The van der Waals surface area contributed by atoms with Gasteiger partial charge in [0.15, 0.2) is 0 Å². The largest absolute Gasteiger partial charge is 0.326 e. The summed E-state index contributed by atoms with van der Waals surface area (Å²) >= 11 is 0. The second-order valence-electron chi connectivity index (χ2n) is 4.15. The molecule has 0 aromatic carbocycles. The summed E-state index contributed by atoms with van der Waals surface area (Å²) in [5.41, 5.74) is -0.115. The van der Waals surface area contributed by atoms with Gasteiger partial charge < -0.3 is 4.90 Å². The van der Waals surface area contributed by atoms with Gasteiger partial charge in [0.1, 0.15) is 0 Å². The van der Waals surface area contributed by atoms with E-state index in [1.807, 2.05) is 4.90 Å². The Hall–Kier alpha value is -0.570. The van der Waals surface area contributed by atoms with Crippen molar-refractivity contribution >= 4 is 5.91 Å². The van der Waals surface area contributed by atoms with E-state index in [0.717, 1.165) is 32.2 Å². The molecule has 1 amide bonds. The predicted molar refractivity (Wildman–Crippen MR) is 51.2 cm³/mol. The van der Waals surface area contributed by atoms with Crippen LogP contribution in [0.15, 0.2) is 0 Å². The van der Waals surface area contributed by atoms with Crippen molar-refractivity contribution in [3.63, 3.8) is 0 Å². The lowest BCUT2D eigenvalue weighted by molar-refractivity contribution is -0.130. The fourth-order valence-corrected chi connectivity index (χ4v) is 2.18. The van der Waals surface area contributed by atoms with Crippen LogP contribution in [0.5, 0.6) is 0 Å². The maximum Gasteiger partial charge on any atom is 0.244 e. The summed E-state index contributed by atoms with van der Waals surface area (Å²) in [5.74, 6) is 0.348. The van der Waals surface area contributed by atoms with Gasteiger partial charge in [0.2, 0.25) is 5.91 Å². The second-order valence-corrected chi connectivity index (χ2v) is 4.15. The molecule has 3 heteroatoms. The first kappa shape index (κ1) is 9.00. The van der Waals surface area contributed by atoms with Gasteiger partial charge in [-0.05, 0) is 25.7 Å². The van der Waals surface area contributed by atoms with Crippen LogP contribution in [0.25, 0.3) is 0 Å². The van der Waals surface area contributed by atoms with Gasteiger partial charge >= 0.3 is 0 Å². The quantitative estimate of drug-likeness (QED) is 0.708. The number of hydrogen-bond acceptors (Lipinski definition) is 2. The Morgan fingerprint density at radius 1 is 1.54 bits per heavy atom. The van der Waals surface area contributed by atoms with Crippen LogP contribution in [0.4, 0.5) is 0 Å². The van der Waals surface area contributed by atoms with Gasteiger partial charge in [-0.25, -0.2) is 0 Å². The SMILES string of the molecule is CCCN1C(=O)C2(CC2)NC1CC. The zero-order valence-corrected chi connectivity index (χ0v) is 8.47. The molecule has 1 N–H and O–H groups in total. The summed E-state index contributed by atoms with van der Waals surface area (Å²) in [6, 6.07) is 0. The van der Waals surface area contributed by atoms with E-state index >= 15 is 0 Å². The second kappa shape index (κ2) is 2.98. The van der Waals surface area contributed by atoms with Crippen LogP contribution in [0, 0.1) is 0 Å². The van der Waals surface area contributed by atoms with Gasteiger partial charge in [0.25, 0.3) is 0 Å². The monoisotopic (exact) mass is 182 g/mol. The number of carbonyl (C=O) groups is 1. The number of nitrogens with one attached hydrogen (secondary N) is 1. The summed E-state index contributed by atoms with van der Waals surface area (Å²) in [5, 5.41) is 3.45. The van der Waals surface area contributed by atoms with Crippen LogP contribution in [-0.4, -0.2) is 29.1 Å². The number of rotatable bonds is 3.